The molecule has 0 saturated heterocycles. The fourth-order valence-electron chi connectivity index (χ4n) is 0.872. The van der Waals surface area contributed by atoms with E-state index in [2.05, 4.69) is 10.1 Å². The maximum absolute atomic E-state index is 11.1. The molecular weight excluding hydrogens is 174 g/mol. The second kappa shape index (κ2) is 6.42. The van der Waals surface area contributed by atoms with E-state index >= 15 is 0 Å². The van der Waals surface area contributed by atoms with E-state index in [1.54, 1.807) is 0 Å². The first kappa shape index (κ1) is 11.9. The summed E-state index contributed by atoms with van der Waals surface area (Å²) in [5.41, 5.74) is 0. The summed E-state index contributed by atoms with van der Waals surface area (Å²) in [6, 6.07) is -0.609. The van der Waals surface area contributed by atoms with Crippen molar-refractivity contribution in [1.29, 1.82) is 0 Å². The van der Waals surface area contributed by atoms with Gasteiger partial charge in [-0.25, -0.2) is 4.79 Å². The number of carbonyl (C=O) groups is 2. The highest BCUT2D eigenvalue weighted by Gasteiger charge is 2.19. The van der Waals surface area contributed by atoms with E-state index in [1.807, 2.05) is 0 Å². The highest BCUT2D eigenvalue weighted by Crippen LogP contribution is 1.95. The largest absolute Gasteiger partial charge is 0.467 e. The molecule has 0 fully saturated rings. The van der Waals surface area contributed by atoms with Crippen molar-refractivity contribution in [2.45, 2.75) is 19.4 Å². The number of hydrogen-bond donors (Lipinski definition) is 1. The average molecular weight is 189 g/mol. The van der Waals surface area contributed by atoms with Gasteiger partial charge in [0.1, 0.15) is 6.04 Å². The first-order valence-electron chi connectivity index (χ1n) is 3.95. The number of nitrogens with one attached hydrogen (secondary N) is 1. The van der Waals surface area contributed by atoms with Crippen molar-refractivity contribution in [2.75, 3.05) is 20.8 Å². The van der Waals surface area contributed by atoms with Crippen LogP contribution >= 0.6 is 0 Å². The quantitative estimate of drug-likeness (QED) is 0.603. The molecule has 13 heavy (non-hydrogen) atoms. The molecule has 5 nitrogen and oxygen atoms in total. The number of esters is 1. The van der Waals surface area contributed by atoms with Gasteiger partial charge < -0.3 is 14.8 Å². The molecule has 5 heteroatoms. The van der Waals surface area contributed by atoms with Gasteiger partial charge in [-0.05, 0) is 0 Å². The molecule has 0 rings (SSSR count). The van der Waals surface area contributed by atoms with Crippen LogP contribution in [0.1, 0.15) is 13.3 Å². The summed E-state index contributed by atoms with van der Waals surface area (Å²) in [6.07, 6.45) is 0.419. The van der Waals surface area contributed by atoms with Crippen LogP contribution in [0, 0.1) is 0 Å². The molecule has 0 radical (unpaired) electrons. The van der Waals surface area contributed by atoms with Gasteiger partial charge in [-0.2, -0.15) is 0 Å². The van der Waals surface area contributed by atoms with E-state index in [1.165, 1.54) is 21.1 Å². The van der Waals surface area contributed by atoms with Gasteiger partial charge in [0.15, 0.2) is 0 Å². The van der Waals surface area contributed by atoms with Crippen LogP contribution in [-0.4, -0.2) is 38.7 Å². The van der Waals surface area contributed by atoms with E-state index in [0.717, 1.165) is 0 Å². The monoisotopic (exact) mass is 189 g/mol. The van der Waals surface area contributed by atoms with Crippen molar-refractivity contribution >= 4 is 11.9 Å². The van der Waals surface area contributed by atoms with Gasteiger partial charge in [-0.1, -0.05) is 0 Å². The summed E-state index contributed by atoms with van der Waals surface area (Å²) in [7, 11) is 2.81. The van der Waals surface area contributed by atoms with E-state index in [9.17, 15) is 9.59 Å². The Balaban J connectivity index is 4.02. The minimum Gasteiger partial charge on any atom is -0.467 e. The maximum Gasteiger partial charge on any atom is 0.328 e. The minimum atomic E-state index is -0.609. The molecule has 0 aliphatic carbocycles. The van der Waals surface area contributed by atoms with E-state index in [4.69, 9.17) is 4.74 Å². The van der Waals surface area contributed by atoms with Crippen LogP contribution in [0.15, 0.2) is 0 Å². The van der Waals surface area contributed by atoms with E-state index < -0.39 is 12.0 Å². The Morgan fingerprint density at radius 1 is 1.38 bits per heavy atom. The summed E-state index contributed by atoms with van der Waals surface area (Å²) in [4.78, 5) is 21.7. The van der Waals surface area contributed by atoms with Crippen molar-refractivity contribution < 1.29 is 19.1 Å². The molecule has 1 atom stereocenters. The summed E-state index contributed by atoms with van der Waals surface area (Å²) in [5.74, 6) is -0.709. The van der Waals surface area contributed by atoms with Crippen molar-refractivity contribution in [2.24, 2.45) is 0 Å². The van der Waals surface area contributed by atoms with Crippen molar-refractivity contribution in [3.63, 3.8) is 0 Å². The number of hydrogen-bond acceptors (Lipinski definition) is 4. The lowest BCUT2D eigenvalue weighted by Gasteiger charge is -2.14. The molecule has 0 saturated carbocycles. The lowest BCUT2D eigenvalue weighted by atomic mass is 10.2. The Hall–Kier alpha value is -1.10. The van der Waals surface area contributed by atoms with Crippen LogP contribution in [0.25, 0.3) is 0 Å². The molecule has 0 heterocycles. The predicted molar refractivity (Wildman–Crippen MR) is 46.1 cm³/mol. The van der Waals surface area contributed by atoms with E-state index in [-0.39, 0.29) is 5.91 Å². The lowest BCUT2D eigenvalue weighted by molar-refractivity contribution is -0.145. The smallest absolute Gasteiger partial charge is 0.328 e. The molecule has 76 valence electrons. The lowest BCUT2D eigenvalue weighted by Crippen LogP contribution is -2.41. The highest BCUT2D eigenvalue weighted by atomic mass is 16.5. The fourth-order valence-corrected chi connectivity index (χ4v) is 0.872. The van der Waals surface area contributed by atoms with Gasteiger partial charge in [-0.15, -0.1) is 0 Å². The molecule has 0 aromatic carbocycles. The molecule has 0 spiro atoms. The minimum absolute atomic E-state index is 0.258. The molecule has 1 N–H and O–H groups in total. The van der Waals surface area contributed by atoms with Crippen LogP contribution in [-0.2, 0) is 19.1 Å². The second-order valence-electron chi connectivity index (χ2n) is 2.56. The van der Waals surface area contributed by atoms with Gasteiger partial charge in [-0.3, -0.25) is 4.79 Å². The van der Waals surface area contributed by atoms with Gasteiger partial charge in [0, 0.05) is 27.1 Å². The van der Waals surface area contributed by atoms with Crippen LogP contribution < -0.4 is 5.32 Å². The maximum atomic E-state index is 11.1. The first-order chi connectivity index (χ1) is 6.11. The van der Waals surface area contributed by atoms with Gasteiger partial charge >= 0.3 is 5.97 Å². The Bertz CT molecular complexity index is 181. The van der Waals surface area contributed by atoms with Gasteiger partial charge in [0.05, 0.1) is 7.11 Å². The molecule has 0 bridgehead atoms. The first-order valence-corrected chi connectivity index (χ1v) is 3.95. The van der Waals surface area contributed by atoms with Crippen molar-refractivity contribution in [3.05, 3.63) is 0 Å². The van der Waals surface area contributed by atoms with Crippen LogP contribution in [0.4, 0.5) is 0 Å². The third-order valence-corrected chi connectivity index (χ3v) is 1.47. The Morgan fingerprint density at radius 3 is 2.38 bits per heavy atom. The standard InChI is InChI=1S/C8H15NO4/c1-6(10)9-7(4-5-12-2)8(11)13-3/h7H,4-5H2,1-3H3,(H,9,10)/t7-/m1/s1. The zero-order valence-electron chi connectivity index (χ0n) is 8.12. The number of ether oxygens (including phenoxy) is 2. The molecule has 0 aliphatic rings. The Morgan fingerprint density at radius 2 is 2.00 bits per heavy atom. The predicted octanol–water partition coefficient (Wildman–Crippen LogP) is -0.299. The second-order valence-corrected chi connectivity index (χ2v) is 2.56. The summed E-state index contributed by atoms with van der Waals surface area (Å²) in [5, 5.41) is 2.47. The molecule has 0 aliphatic heterocycles. The van der Waals surface area contributed by atoms with Gasteiger partial charge in [0.25, 0.3) is 0 Å². The number of rotatable bonds is 5. The van der Waals surface area contributed by atoms with Crippen molar-refractivity contribution in [1.82, 2.24) is 5.32 Å². The SMILES string of the molecule is COCC[C@@H](NC(C)=O)C(=O)OC. The summed E-state index contributed by atoms with van der Waals surface area (Å²) >= 11 is 0. The molecule has 0 unspecified atom stereocenters. The van der Waals surface area contributed by atoms with E-state index in [0.29, 0.717) is 13.0 Å². The molecule has 0 aromatic rings. The third-order valence-electron chi connectivity index (χ3n) is 1.47. The highest BCUT2D eigenvalue weighted by molar-refractivity contribution is 5.83. The molecule has 1 amide bonds. The topological polar surface area (TPSA) is 64.6 Å². The normalized spacial score (nSPS) is 11.9. The third kappa shape index (κ3) is 5.19. The number of amides is 1. The van der Waals surface area contributed by atoms with Crippen LogP contribution in [0.5, 0.6) is 0 Å². The summed E-state index contributed by atoms with van der Waals surface area (Å²) in [6.45, 7) is 1.75. The van der Waals surface area contributed by atoms with Gasteiger partial charge in [0.2, 0.25) is 5.91 Å². The van der Waals surface area contributed by atoms with Crippen molar-refractivity contribution in [3.8, 4) is 0 Å². The molecular formula is C8H15NO4. The number of carbonyl (C=O) groups excluding carboxylic acids is 2. The zero-order chi connectivity index (χ0) is 10.3. The molecule has 0 aromatic heterocycles. The fraction of sp³-hybridized carbons (Fsp3) is 0.750. The Kier molecular flexibility index (Phi) is 5.88. The number of methoxy groups -OCH3 is 2. The summed E-state index contributed by atoms with van der Waals surface area (Å²) < 4.78 is 9.29. The average Bonchev–Trinajstić information content (AvgIpc) is 2.10. The van der Waals surface area contributed by atoms with Crippen LogP contribution in [0.2, 0.25) is 0 Å². The zero-order valence-corrected chi connectivity index (χ0v) is 8.12. The van der Waals surface area contributed by atoms with Crippen LogP contribution in [0.3, 0.4) is 0 Å². The Labute approximate surface area is 77.4 Å².